The molecule has 0 radical (unpaired) electrons. The highest BCUT2D eigenvalue weighted by molar-refractivity contribution is 7.89. The molecule has 0 atom stereocenters. The van der Waals surface area contributed by atoms with E-state index in [9.17, 15) is 13.2 Å². The summed E-state index contributed by atoms with van der Waals surface area (Å²) >= 11 is 0. The molecule has 0 unspecified atom stereocenters. The molecule has 1 aliphatic rings. The van der Waals surface area contributed by atoms with Crippen molar-refractivity contribution in [3.05, 3.63) is 71.8 Å². The molecule has 7 nitrogen and oxygen atoms in total. The first kappa shape index (κ1) is 21.9. The van der Waals surface area contributed by atoms with Gasteiger partial charge in [-0.15, -0.1) is 0 Å². The molecular formula is C24H24N2O5S. The number of sulfonamides is 1. The first-order chi connectivity index (χ1) is 15.3. The average molecular weight is 453 g/mol. The van der Waals surface area contributed by atoms with Crippen LogP contribution in [-0.4, -0.2) is 31.7 Å². The number of para-hydroxylation sites is 2. The number of nitrogens with zero attached hydrogens (tertiary/aromatic N) is 1. The molecule has 166 valence electrons. The van der Waals surface area contributed by atoms with Crippen molar-refractivity contribution in [2.24, 2.45) is 0 Å². The van der Waals surface area contributed by atoms with Crippen molar-refractivity contribution >= 4 is 21.6 Å². The number of rotatable bonds is 6. The smallest absolute Gasteiger partial charge is 0.259 e. The number of hydrogen-bond acceptors (Lipinski definition) is 5. The van der Waals surface area contributed by atoms with E-state index in [1.165, 1.54) is 16.4 Å². The SMILES string of the molecule is CCN(CC)S(=O)(=O)c1cc2c(cc1Oc1ccc(C)cc1)Oc1ccccc1NC2=O. The summed E-state index contributed by atoms with van der Waals surface area (Å²) in [4.78, 5) is 12.8. The van der Waals surface area contributed by atoms with Gasteiger partial charge in [0.2, 0.25) is 10.0 Å². The molecule has 1 N–H and O–H groups in total. The summed E-state index contributed by atoms with van der Waals surface area (Å²) in [6, 6.07) is 17.1. The van der Waals surface area contributed by atoms with Crippen molar-refractivity contribution in [1.29, 1.82) is 0 Å². The van der Waals surface area contributed by atoms with Crippen molar-refractivity contribution in [3.8, 4) is 23.0 Å². The summed E-state index contributed by atoms with van der Waals surface area (Å²) in [5, 5.41) is 2.78. The van der Waals surface area contributed by atoms with Crippen molar-refractivity contribution in [1.82, 2.24) is 4.31 Å². The van der Waals surface area contributed by atoms with Crippen molar-refractivity contribution in [2.75, 3.05) is 18.4 Å². The minimum atomic E-state index is -3.92. The van der Waals surface area contributed by atoms with E-state index >= 15 is 0 Å². The summed E-state index contributed by atoms with van der Waals surface area (Å²) in [6.07, 6.45) is 0. The molecule has 4 rings (SSSR count). The van der Waals surface area contributed by atoms with Gasteiger partial charge in [-0.3, -0.25) is 4.79 Å². The standard InChI is InChI=1S/C24H24N2O5S/c1-4-26(5-2)32(28,29)23-14-18-21(15-22(23)30-17-12-10-16(3)11-13-17)31-20-9-7-6-8-19(20)25-24(18)27/h6-15H,4-5H2,1-3H3,(H,25,27). The van der Waals surface area contributed by atoms with Crippen LogP contribution in [0, 0.1) is 6.92 Å². The number of ether oxygens (including phenoxy) is 2. The first-order valence-electron chi connectivity index (χ1n) is 10.3. The minimum Gasteiger partial charge on any atom is -0.456 e. The molecule has 0 aliphatic carbocycles. The molecule has 0 aromatic heterocycles. The van der Waals surface area contributed by atoms with Crippen LogP contribution in [0.4, 0.5) is 5.69 Å². The normalized spacial score (nSPS) is 12.9. The number of amides is 1. The molecule has 0 saturated heterocycles. The van der Waals surface area contributed by atoms with Gasteiger partial charge in [-0.05, 0) is 37.3 Å². The Balaban J connectivity index is 1.89. The van der Waals surface area contributed by atoms with E-state index in [4.69, 9.17) is 9.47 Å². The molecule has 0 fully saturated rings. The zero-order valence-corrected chi connectivity index (χ0v) is 18.9. The van der Waals surface area contributed by atoms with E-state index in [1.807, 2.05) is 19.1 Å². The molecular weight excluding hydrogens is 428 g/mol. The Morgan fingerprint density at radius 3 is 2.34 bits per heavy atom. The quantitative estimate of drug-likeness (QED) is 0.557. The number of nitrogens with one attached hydrogen (secondary N) is 1. The van der Waals surface area contributed by atoms with Crippen LogP contribution in [0.3, 0.4) is 0 Å². The lowest BCUT2D eigenvalue weighted by molar-refractivity contribution is 0.102. The highest BCUT2D eigenvalue weighted by Crippen LogP contribution is 2.41. The number of hydrogen-bond donors (Lipinski definition) is 1. The molecule has 3 aromatic rings. The first-order valence-corrected chi connectivity index (χ1v) is 11.8. The van der Waals surface area contributed by atoms with Crippen LogP contribution in [0.15, 0.2) is 65.6 Å². The number of fused-ring (bicyclic) bond motifs is 2. The van der Waals surface area contributed by atoms with Crippen LogP contribution in [0.25, 0.3) is 0 Å². The molecule has 32 heavy (non-hydrogen) atoms. The molecule has 0 spiro atoms. The summed E-state index contributed by atoms with van der Waals surface area (Å²) < 4.78 is 40.2. The molecule has 8 heteroatoms. The van der Waals surface area contributed by atoms with E-state index < -0.39 is 15.9 Å². The van der Waals surface area contributed by atoms with Crippen LogP contribution < -0.4 is 14.8 Å². The molecule has 1 heterocycles. The van der Waals surface area contributed by atoms with E-state index in [-0.39, 0.29) is 35.0 Å². The largest absolute Gasteiger partial charge is 0.456 e. The van der Waals surface area contributed by atoms with Gasteiger partial charge in [0, 0.05) is 19.2 Å². The van der Waals surface area contributed by atoms with Gasteiger partial charge in [-0.25, -0.2) is 8.42 Å². The lowest BCUT2D eigenvalue weighted by Gasteiger charge is -2.21. The maximum atomic E-state index is 13.4. The van der Waals surface area contributed by atoms with E-state index in [2.05, 4.69) is 5.32 Å². The highest BCUT2D eigenvalue weighted by atomic mass is 32.2. The van der Waals surface area contributed by atoms with Crippen molar-refractivity contribution in [3.63, 3.8) is 0 Å². The average Bonchev–Trinajstić information content (AvgIpc) is 2.90. The van der Waals surface area contributed by atoms with Crippen LogP contribution in [0.2, 0.25) is 0 Å². The van der Waals surface area contributed by atoms with Crippen LogP contribution in [0.5, 0.6) is 23.0 Å². The Labute approximate surface area is 187 Å². The molecule has 0 bridgehead atoms. The number of aryl methyl sites for hydroxylation is 1. The molecule has 1 aliphatic heterocycles. The van der Waals surface area contributed by atoms with Gasteiger partial charge >= 0.3 is 0 Å². The zero-order valence-electron chi connectivity index (χ0n) is 18.1. The van der Waals surface area contributed by atoms with Gasteiger partial charge < -0.3 is 14.8 Å². The van der Waals surface area contributed by atoms with Crippen molar-refractivity contribution in [2.45, 2.75) is 25.7 Å². The molecule has 0 saturated carbocycles. The Hall–Kier alpha value is -3.36. The number of anilines is 1. The summed E-state index contributed by atoms with van der Waals surface area (Å²) in [5.74, 6) is 0.785. The zero-order chi connectivity index (χ0) is 22.9. The summed E-state index contributed by atoms with van der Waals surface area (Å²) in [5.41, 5.74) is 1.66. The number of benzene rings is 3. The maximum Gasteiger partial charge on any atom is 0.259 e. The Kier molecular flexibility index (Phi) is 5.90. The maximum absolute atomic E-state index is 13.4. The van der Waals surface area contributed by atoms with Gasteiger partial charge in [-0.1, -0.05) is 43.7 Å². The Morgan fingerprint density at radius 2 is 1.66 bits per heavy atom. The Morgan fingerprint density at radius 1 is 0.969 bits per heavy atom. The fourth-order valence-electron chi connectivity index (χ4n) is 3.49. The van der Waals surface area contributed by atoms with E-state index in [1.54, 1.807) is 50.2 Å². The summed E-state index contributed by atoms with van der Waals surface area (Å²) in [6.45, 7) is 6.04. The fourth-order valence-corrected chi connectivity index (χ4v) is 5.07. The van der Waals surface area contributed by atoms with E-state index in [0.29, 0.717) is 17.2 Å². The third-order valence-corrected chi connectivity index (χ3v) is 7.29. The van der Waals surface area contributed by atoms with Gasteiger partial charge in [0.05, 0.1) is 11.3 Å². The van der Waals surface area contributed by atoms with Crippen LogP contribution in [-0.2, 0) is 10.0 Å². The lowest BCUT2D eigenvalue weighted by Crippen LogP contribution is -2.31. The second-order valence-corrected chi connectivity index (χ2v) is 9.26. The van der Waals surface area contributed by atoms with Gasteiger partial charge in [0.15, 0.2) is 11.5 Å². The number of carbonyl (C=O) groups is 1. The fraction of sp³-hybridized carbons (Fsp3) is 0.208. The topological polar surface area (TPSA) is 84.9 Å². The second kappa shape index (κ2) is 8.64. The third-order valence-electron chi connectivity index (χ3n) is 5.22. The highest BCUT2D eigenvalue weighted by Gasteiger charge is 2.31. The minimum absolute atomic E-state index is 0.0895. The summed E-state index contributed by atoms with van der Waals surface area (Å²) in [7, 11) is -3.92. The van der Waals surface area contributed by atoms with Crippen LogP contribution in [0.1, 0.15) is 29.8 Å². The predicted octanol–water partition coefficient (Wildman–Crippen LogP) is 5.18. The molecule has 1 amide bonds. The second-order valence-electron chi connectivity index (χ2n) is 7.35. The predicted molar refractivity (Wildman–Crippen MR) is 122 cm³/mol. The van der Waals surface area contributed by atoms with Crippen molar-refractivity contribution < 1.29 is 22.7 Å². The number of carbonyl (C=O) groups excluding carboxylic acids is 1. The van der Waals surface area contributed by atoms with E-state index in [0.717, 1.165) is 5.56 Å². The van der Waals surface area contributed by atoms with Gasteiger partial charge in [0.25, 0.3) is 5.91 Å². The lowest BCUT2D eigenvalue weighted by atomic mass is 10.1. The van der Waals surface area contributed by atoms with Gasteiger partial charge in [-0.2, -0.15) is 4.31 Å². The monoisotopic (exact) mass is 452 g/mol. The Bertz CT molecular complexity index is 1270. The molecule has 3 aromatic carbocycles. The van der Waals surface area contributed by atoms with Gasteiger partial charge in [0.1, 0.15) is 16.4 Å². The van der Waals surface area contributed by atoms with Crippen LogP contribution >= 0.6 is 0 Å². The third kappa shape index (κ3) is 4.06.